The number of benzene rings is 1. The summed E-state index contributed by atoms with van der Waals surface area (Å²) in [5.74, 6) is 1.56. The third kappa shape index (κ3) is 6.54. The maximum absolute atomic E-state index is 11.7. The van der Waals surface area contributed by atoms with Crippen molar-refractivity contribution >= 4 is 18.3 Å². The molecular weight excluding hydrogens is 304 g/mol. The van der Waals surface area contributed by atoms with Gasteiger partial charge in [0.2, 0.25) is 5.91 Å². The summed E-state index contributed by atoms with van der Waals surface area (Å²) in [6.07, 6.45) is 1.79. The lowest BCUT2D eigenvalue weighted by Gasteiger charge is -2.12. The van der Waals surface area contributed by atoms with Crippen LogP contribution in [-0.2, 0) is 11.2 Å². The summed E-state index contributed by atoms with van der Waals surface area (Å²) >= 11 is 0. The van der Waals surface area contributed by atoms with E-state index in [2.05, 4.69) is 10.6 Å². The Morgan fingerprint density at radius 1 is 1.23 bits per heavy atom. The molecule has 1 amide bonds. The molecule has 0 heterocycles. The van der Waals surface area contributed by atoms with E-state index >= 15 is 0 Å². The highest BCUT2D eigenvalue weighted by atomic mass is 35.5. The van der Waals surface area contributed by atoms with Crippen molar-refractivity contribution in [1.29, 1.82) is 0 Å². The van der Waals surface area contributed by atoms with Crippen LogP contribution >= 0.6 is 12.4 Å². The molecule has 1 aromatic rings. The standard InChI is InChI=1S/C16H26N2O3.ClH/c1-12(11-17-2)16(19)18-9-5-6-13-7-8-14(20-3)15(10-13)21-4;/h7-8,10,12,17H,5-6,9,11H2,1-4H3,(H,18,19);1H. The molecule has 2 N–H and O–H groups in total. The maximum Gasteiger partial charge on any atom is 0.224 e. The molecule has 0 aliphatic rings. The van der Waals surface area contributed by atoms with Gasteiger partial charge in [0.05, 0.1) is 14.2 Å². The summed E-state index contributed by atoms with van der Waals surface area (Å²) in [7, 11) is 5.10. The molecule has 5 nitrogen and oxygen atoms in total. The van der Waals surface area contributed by atoms with E-state index in [-0.39, 0.29) is 24.2 Å². The number of hydrogen-bond acceptors (Lipinski definition) is 4. The number of rotatable bonds is 9. The molecule has 0 saturated heterocycles. The van der Waals surface area contributed by atoms with Crippen molar-refractivity contribution in [3.05, 3.63) is 23.8 Å². The SMILES string of the molecule is CNCC(C)C(=O)NCCCc1ccc(OC)c(OC)c1.Cl. The fourth-order valence-electron chi connectivity index (χ4n) is 2.11. The molecule has 6 heteroatoms. The molecule has 0 aliphatic heterocycles. The summed E-state index contributed by atoms with van der Waals surface area (Å²) in [6, 6.07) is 5.90. The predicted octanol–water partition coefficient (Wildman–Crippen LogP) is 2.03. The number of methoxy groups -OCH3 is 2. The van der Waals surface area contributed by atoms with E-state index in [0.29, 0.717) is 13.1 Å². The lowest BCUT2D eigenvalue weighted by atomic mass is 10.1. The molecule has 0 radical (unpaired) electrons. The zero-order chi connectivity index (χ0) is 15.7. The molecular formula is C16H27ClN2O3. The van der Waals surface area contributed by atoms with Gasteiger partial charge in [0, 0.05) is 19.0 Å². The Bertz CT molecular complexity index is 455. The van der Waals surface area contributed by atoms with Gasteiger partial charge in [0.1, 0.15) is 0 Å². The molecule has 1 rings (SSSR count). The molecule has 0 fully saturated rings. The Balaban J connectivity index is 0.00000441. The maximum atomic E-state index is 11.7. The molecule has 0 aromatic heterocycles. The molecule has 0 spiro atoms. The zero-order valence-corrected chi connectivity index (χ0v) is 14.6. The van der Waals surface area contributed by atoms with Crippen molar-refractivity contribution in [3.8, 4) is 11.5 Å². The monoisotopic (exact) mass is 330 g/mol. The summed E-state index contributed by atoms with van der Waals surface area (Å²) in [5, 5.41) is 5.96. The van der Waals surface area contributed by atoms with Gasteiger partial charge in [-0.1, -0.05) is 13.0 Å². The smallest absolute Gasteiger partial charge is 0.224 e. The first-order valence-corrected chi connectivity index (χ1v) is 7.25. The molecule has 1 aromatic carbocycles. The first-order valence-electron chi connectivity index (χ1n) is 7.25. The summed E-state index contributed by atoms with van der Waals surface area (Å²) in [6.45, 7) is 3.29. The fourth-order valence-corrected chi connectivity index (χ4v) is 2.11. The van der Waals surface area contributed by atoms with E-state index in [1.165, 1.54) is 5.56 Å². The van der Waals surface area contributed by atoms with Crippen LogP contribution in [0.3, 0.4) is 0 Å². The number of carbonyl (C=O) groups is 1. The number of carbonyl (C=O) groups excluding carboxylic acids is 1. The van der Waals surface area contributed by atoms with E-state index < -0.39 is 0 Å². The fraction of sp³-hybridized carbons (Fsp3) is 0.562. The van der Waals surface area contributed by atoms with Gasteiger partial charge in [0.25, 0.3) is 0 Å². The zero-order valence-electron chi connectivity index (χ0n) is 13.8. The second-order valence-electron chi connectivity index (χ2n) is 5.04. The highest BCUT2D eigenvalue weighted by Gasteiger charge is 2.10. The van der Waals surface area contributed by atoms with Gasteiger partial charge >= 0.3 is 0 Å². The quantitative estimate of drug-likeness (QED) is 0.680. The third-order valence-electron chi connectivity index (χ3n) is 3.35. The average Bonchev–Trinajstić information content (AvgIpc) is 2.51. The second-order valence-corrected chi connectivity index (χ2v) is 5.04. The van der Waals surface area contributed by atoms with Gasteiger partial charge in [-0.05, 0) is 37.6 Å². The largest absolute Gasteiger partial charge is 0.493 e. The van der Waals surface area contributed by atoms with Gasteiger partial charge in [0.15, 0.2) is 11.5 Å². The Morgan fingerprint density at radius 3 is 2.50 bits per heavy atom. The molecule has 1 atom stereocenters. The first-order chi connectivity index (χ1) is 10.1. The van der Waals surface area contributed by atoms with Gasteiger partial charge in [-0.3, -0.25) is 4.79 Å². The number of aryl methyl sites for hydroxylation is 1. The lowest BCUT2D eigenvalue weighted by molar-refractivity contribution is -0.124. The normalized spacial score (nSPS) is 11.3. The van der Waals surface area contributed by atoms with Crippen LogP contribution < -0.4 is 20.1 Å². The van der Waals surface area contributed by atoms with Crippen molar-refractivity contribution in [2.75, 3.05) is 34.4 Å². The van der Waals surface area contributed by atoms with Gasteiger partial charge in [-0.15, -0.1) is 12.4 Å². The van der Waals surface area contributed by atoms with E-state index in [1.807, 2.05) is 32.2 Å². The number of halogens is 1. The minimum absolute atomic E-state index is 0. The second kappa shape index (κ2) is 11.2. The molecule has 0 saturated carbocycles. The van der Waals surface area contributed by atoms with Crippen LogP contribution in [0, 0.1) is 5.92 Å². The summed E-state index contributed by atoms with van der Waals surface area (Å²) in [4.78, 5) is 11.7. The van der Waals surface area contributed by atoms with Crippen molar-refractivity contribution in [3.63, 3.8) is 0 Å². The van der Waals surface area contributed by atoms with Gasteiger partial charge in [-0.25, -0.2) is 0 Å². The van der Waals surface area contributed by atoms with Gasteiger partial charge in [-0.2, -0.15) is 0 Å². The van der Waals surface area contributed by atoms with Crippen molar-refractivity contribution in [1.82, 2.24) is 10.6 Å². The average molecular weight is 331 g/mol. The van der Waals surface area contributed by atoms with E-state index in [0.717, 1.165) is 24.3 Å². The number of amides is 1. The Labute approximate surface area is 139 Å². The van der Waals surface area contributed by atoms with Crippen LogP contribution in [0.4, 0.5) is 0 Å². The molecule has 0 aliphatic carbocycles. The van der Waals surface area contributed by atoms with Crippen LogP contribution in [0.15, 0.2) is 18.2 Å². The van der Waals surface area contributed by atoms with E-state index in [9.17, 15) is 4.79 Å². The Hall–Kier alpha value is -1.46. The van der Waals surface area contributed by atoms with Crippen molar-refractivity contribution < 1.29 is 14.3 Å². The van der Waals surface area contributed by atoms with Crippen LogP contribution in [0.25, 0.3) is 0 Å². The van der Waals surface area contributed by atoms with Crippen LogP contribution in [-0.4, -0.2) is 40.3 Å². The third-order valence-corrected chi connectivity index (χ3v) is 3.35. The van der Waals surface area contributed by atoms with E-state index in [1.54, 1.807) is 14.2 Å². The molecule has 126 valence electrons. The number of hydrogen-bond donors (Lipinski definition) is 2. The van der Waals surface area contributed by atoms with Gasteiger partial charge < -0.3 is 20.1 Å². The Morgan fingerprint density at radius 2 is 1.91 bits per heavy atom. The van der Waals surface area contributed by atoms with Crippen molar-refractivity contribution in [2.24, 2.45) is 5.92 Å². The van der Waals surface area contributed by atoms with E-state index in [4.69, 9.17) is 9.47 Å². The van der Waals surface area contributed by atoms with Crippen LogP contribution in [0.5, 0.6) is 11.5 Å². The summed E-state index contributed by atoms with van der Waals surface area (Å²) < 4.78 is 10.5. The highest BCUT2D eigenvalue weighted by Crippen LogP contribution is 2.27. The van der Waals surface area contributed by atoms with Crippen LogP contribution in [0.2, 0.25) is 0 Å². The highest BCUT2D eigenvalue weighted by molar-refractivity contribution is 5.85. The topological polar surface area (TPSA) is 59.6 Å². The first kappa shape index (κ1) is 20.5. The minimum Gasteiger partial charge on any atom is -0.493 e. The molecule has 22 heavy (non-hydrogen) atoms. The lowest BCUT2D eigenvalue weighted by Crippen LogP contribution is -2.34. The van der Waals surface area contributed by atoms with Crippen molar-refractivity contribution in [2.45, 2.75) is 19.8 Å². The number of ether oxygens (including phenoxy) is 2. The van der Waals surface area contributed by atoms with Crippen LogP contribution in [0.1, 0.15) is 18.9 Å². The number of nitrogens with one attached hydrogen (secondary N) is 2. The minimum atomic E-state index is -0.00363. The predicted molar refractivity (Wildman–Crippen MR) is 91.2 cm³/mol. The molecule has 0 bridgehead atoms. The molecule has 1 unspecified atom stereocenters. The Kier molecular flexibility index (Phi) is 10.4. The summed E-state index contributed by atoms with van der Waals surface area (Å²) in [5.41, 5.74) is 1.17.